The maximum Gasteiger partial charge on any atom is 0.315 e. The summed E-state index contributed by atoms with van der Waals surface area (Å²) in [5, 5.41) is 11.1. The standard InChI is InChI=1S/C16H17NO3/c1-11(16(19)20)15(18)17(2)10-13-8-5-7-12-6-3-4-9-14(12)13/h3-9,11H,10H2,1-2H3,(H,19,20). The molecule has 104 valence electrons. The number of carboxylic acids is 1. The number of amides is 1. The number of carboxylic acid groups (broad SMARTS) is 1. The number of hydrogen-bond donors (Lipinski definition) is 1. The van der Waals surface area contributed by atoms with Gasteiger partial charge in [0.15, 0.2) is 0 Å². The smallest absolute Gasteiger partial charge is 0.315 e. The maximum atomic E-state index is 12.0. The Labute approximate surface area is 117 Å². The highest BCUT2D eigenvalue weighted by atomic mass is 16.4. The normalized spacial score (nSPS) is 12.1. The Bertz CT molecular complexity index is 646. The van der Waals surface area contributed by atoms with E-state index in [1.54, 1.807) is 7.05 Å². The van der Waals surface area contributed by atoms with Gasteiger partial charge in [0.2, 0.25) is 5.91 Å². The maximum absolute atomic E-state index is 12.0. The third-order valence-corrected chi connectivity index (χ3v) is 3.40. The molecule has 0 fully saturated rings. The van der Waals surface area contributed by atoms with Crippen molar-refractivity contribution in [1.82, 2.24) is 4.90 Å². The molecule has 0 spiro atoms. The van der Waals surface area contributed by atoms with E-state index in [-0.39, 0.29) is 5.91 Å². The van der Waals surface area contributed by atoms with E-state index in [4.69, 9.17) is 5.11 Å². The Balaban J connectivity index is 2.24. The highest BCUT2D eigenvalue weighted by molar-refractivity contribution is 5.96. The fourth-order valence-electron chi connectivity index (χ4n) is 2.20. The molecule has 0 saturated carbocycles. The van der Waals surface area contributed by atoms with E-state index in [1.165, 1.54) is 11.8 Å². The monoisotopic (exact) mass is 271 g/mol. The molecule has 0 aromatic heterocycles. The molecule has 0 aliphatic heterocycles. The average molecular weight is 271 g/mol. The second-order valence-corrected chi connectivity index (χ2v) is 4.89. The van der Waals surface area contributed by atoms with Gasteiger partial charge in [-0.2, -0.15) is 0 Å². The molecular formula is C16H17NO3. The van der Waals surface area contributed by atoms with Crippen LogP contribution in [0.15, 0.2) is 42.5 Å². The number of carbonyl (C=O) groups excluding carboxylic acids is 1. The average Bonchev–Trinajstić information content (AvgIpc) is 2.46. The van der Waals surface area contributed by atoms with Crippen LogP contribution in [0.5, 0.6) is 0 Å². The van der Waals surface area contributed by atoms with Crippen LogP contribution in [0.2, 0.25) is 0 Å². The van der Waals surface area contributed by atoms with Crippen molar-refractivity contribution in [1.29, 1.82) is 0 Å². The van der Waals surface area contributed by atoms with Gasteiger partial charge < -0.3 is 10.0 Å². The molecule has 20 heavy (non-hydrogen) atoms. The molecule has 0 radical (unpaired) electrons. The first-order chi connectivity index (χ1) is 9.50. The summed E-state index contributed by atoms with van der Waals surface area (Å²) < 4.78 is 0. The Morgan fingerprint density at radius 2 is 1.80 bits per heavy atom. The second-order valence-electron chi connectivity index (χ2n) is 4.89. The quantitative estimate of drug-likeness (QED) is 0.869. The van der Waals surface area contributed by atoms with Gasteiger partial charge in [0, 0.05) is 13.6 Å². The van der Waals surface area contributed by atoms with Crippen LogP contribution in [0, 0.1) is 5.92 Å². The number of hydrogen-bond acceptors (Lipinski definition) is 2. The first-order valence-electron chi connectivity index (χ1n) is 6.45. The Hall–Kier alpha value is -2.36. The highest BCUT2D eigenvalue weighted by Crippen LogP contribution is 2.20. The highest BCUT2D eigenvalue weighted by Gasteiger charge is 2.24. The zero-order valence-electron chi connectivity index (χ0n) is 11.5. The van der Waals surface area contributed by atoms with Crippen LogP contribution in [0.1, 0.15) is 12.5 Å². The molecule has 1 unspecified atom stereocenters. The van der Waals surface area contributed by atoms with Crippen molar-refractivity contribution < 1.29 is 14.7 Å². The molecule has 2 rings (SSSR count). The molecule has 0 aliphatic carbocycles. The summed E-state index contributed by atoms with van der Waals surface area (Å²) in [7, 11) is 1.63. The van der Waals surface area contributed by atoms with Crippen molar-refractivity contribution in [3.63, 3.8) is 0 Å². The lowest BCUT2D eigenvalue weighted by Crippen LogP contribution is -2.35. The van der Waals surface area contributed by atoms with Crippen molar-refractivity contribution in [2.24, 2.45) is 5.92 Å². The zero-order valence-corrected chi connectivity index (χ0v) is 11.5. The van der Waals surface area contributed by atoms with E-state index < -0.39 is 11.9 Å². The van der Waals surface area contributed by atoms with Gasteiger partial charge in [0.1, 0.15) is 5.92 Å². The third-order valence-electron chi connectivity index (χ3n) is 3.40. The molecule has 2 aromatic rings. The van der Waals surface area contributed by atoms with Gasteiger partial charge in [-0.25, -0.2) is 0 Å². The van der Waals surface area contributed by atoms with Gasteiger partial charge >= 0.3 is 5.97 Å². The van der Waals surface area contributed by atoms with Crippen LogP contribution >= 0.6 is 0 Å². The minimum Gasteiger partial charge on any atom is -0.481 e. The number of nitrogens with zero attached hydrogens (tertiary/aromatic N) is 1. The van der Waals surface area contributed by atoms with Gasteiger partial charge in [-0.3, -0.25) is 9.59 Å². The van der Waals surface area contributed by atoms with E-state index >= 15 is 0 Å². The van der Waals surface area contributed by atoms with Crippen LogP contribution in [0.3, 0.4) is 0 Å². The molecule has 4 nitrogen and oxygen atoms in total. The molecule has 0 aliphatic rings. The molecule has 0 saturated heterocycles. The summed E-state index contributed by atoms with van der Waals surface area (Å²) in [4.78, 5) is 24.3. The Kier molecular flexibility index (Phi) is 4.03. The summed E-state index contributed by atoms with van der Waals surface area (Å²) >= 11 is 0. The fraction of sp³-hybridized carbons (Fsp3) is 0.250. The number of fused-ring (bicyclic) bond motifs is 1. The fourth-order valence-corrected chi connectivity index (χ4v) is 2.20. The number of carbonyl (C=O) groups is 2. The van der Waals surface area contributed by atoms with Gasteiger partial charge in [0.25, 0.3) is 0 Å². The van der Waals surface area contributed by atoms with Crippen LogP contribution in [0.25, 0.3) is 10.8 Å². The van der Waals surface area contributed by atoms with E-state index in [0.717, 1.165) is 16.3 Å². The first kappa shape index (κ1) is 14.1. The van der Waals surface area contributed by atoms with Crippen molar-refractivity contribution in [3.05, 3.63) is 48.0 Å². The lowest BCUT2D eigenvalue weighted by Gasteiger charge is -2.20. The molecular weight excluding hydrogens is 254 g/mol. The zero-order chi connectivity index (χ0) is 14.7. The lowest BCUT2D eigenvalue weighted by atomic mass is 10.0. The summed E-state index contributed by atoms with van der Waals surface area (Å²) in [6.45, 7) is 1.81. The first-order valence-corrected chi connectivity index (χ1v) is 6.45. The van der Waals surface area contributed by atoms with Crippen molar-refractivity contribution >= 4 is 22.6 Å². The van der Waals surface area contributed by atoms with E-state index in [1.807, 2.05) is 42.5 Å². The lowest BCUT2D eigenvalue weighted by molar-refractivity contribution is -0.149. The van der Waals surface area contributed by atoms with E-state index in [2.05, 4.69) is 0 Å². The molecule has 1 atom stereocenters. The molecule has 1 amide bonds. The van der Waals surface area contributed by atoms with Gasteiger partial charge in [-0.15, -0.1) is 0 Å². The second kappa shape index (κ2) is 5.74. The minimum atomic E-state index is -1.10. The van der Waals surface area contributed by atoms with Crippen molar-refractivity contribution in [3.8, 4) is 0 Å². The molecule has 4 heteroatoms. The molecule has 2 aromatic carbocycles. The van der Waals surface area contributed by atoms with E-state index in [9.17, 15) is 9.59 Å². The van der Waals surface area contributed by atoms with Gasteiger partial charge in [-0.05, 0) is 23.3 Å². The van der Waals surface area contributed by atoms with E-state index in [0.29, 0.717) is 6.54 Å². The topological polar surface area (TPSA) is 57.6 Å². The van der Waals surface area contributed by atoms with Crippen molar-refractivity contribution in [2.45, 2.75) is 13.5 Å². The predicted molar refractivity (Wildman–Crippen MR) is 77.2 cm³/mol. The third kappa shape index (κ3) is 2.79. The van der Waals surface area contributed by atoms with Gasteiger partial charge in [-0.1, -0.05) is 42.5 Å². The number of benzene rings is 2. The summed E-state index contributed by atoms with van der Waals surface area (Å²) in [5.74, 6) is -2.50. The summed E-state index contributed by atoms with van der Waals surface area (Å²) in [5.41, 5.74) is 1.01. The van der Waals surface area contributed by atoms with Gasteiger partial charge in [0.05, 0.1) is 0 Å². The SMILES string of the molecule is CC(C(=O)O)C(=O)N(C)Cc1cccc2ccccc12. The van der Waals surface area contributed by atoms with Crippen LogP contribution < -0.4 is 0 Å². The summed E-state index contributed by atoms with van der Waals surface area (Å²) in [6.07, 6.45) is 0. The number of rotatable bonds is 4. The Morgan fingerprint density at radius 1 is 1.15 bits per heavy atom. The van der Waals surface area contributed by atoms with Crippen LogP contribution in [0.4, 0.5) is 0 Å². The largest absolute Gasteiger partial charge is 0.481 e. The van der Waals surface area contributed by atoms with Crippen molar-refractivity contribution in [2.75, 3.05) is 7.05 Å². The predicted octanol–water partition coefficient (Wildman–Crippen LogP) is 2.52. The minimum absolute atomic E-state index is 0.384. The molecule has 1 N–H and O–H groups in total. The van der Waals surface area contributed by atoms with Crippen LogP contribution in [-0.4, -0.2) is 28.9 Å². The Morgan fingerprint density at radius 3 is 2.50 bits per heavy atom. The summed E-state index contributed by atoms with van der Waals surface area (Å²) in [6, 6.07) is 13.8. The molecule has 0 heterocycles. The molecule has 0 bridgehead atoms. The number of aliphatic carboxylic acids is 1. The van der Waals surface area contributed by atoms with Crippen LogP contribution in [-0.2, 0) is 16.1 Å².